The van der Waals surface area contributed by atoms with Crippen molar-refractivity contribution in [3.63, 3.8) is 0 Å². The third-order valence-corrected chi connectivity index (χ3v) is 8.56. The van der Waals surface area contributed by atoms with E-state index in [1.165, 1.54) is 16.7 Å². The molecule has 4 aromatic rings. The van der Waals surface area contributed by atoms with Gasteiger partial charge in [-0.25, -0.2) is 14.8 Å². The normalized spacial score (nSPS) is 14.7. The Morgan fingerprint density at radius 2 is 1.91 bits per heavy atom. The zero-order chi connectivity index (χ0) is 32.4. The van der Waals surface area contributed by atoms with E-state index in [4.69, 9.17) is 9.47 Å². The molecule has 0 spiro atoms. The maximum absolute atomic E-state index is 14.0. The molecular weight excluding hydrogens is 619 g/mol. The molecule has 1 N–H and O–H groups in total. The molecule has 232 valence electrons. The average Bonchev–Trinajstić information content (AvgIpc) is 3.26. The van der Waals surface area contributed by atoms with Crippen LogP contribution in [0.15, 0.2) is 84.4 Å². The number of fused-ring (bicyclic) bond motifs is 1. The van der Waals surface area contributed by atoms with Crippen LogP contribution < -0.4 is 25.2 Å². The number of H-pyrrole nitrogens is 1. The summed E-state index contributed by atoms with van der Waals surface area (Å²) in [5, 5.41) is 12.2. The van der Waals surface area contributed by atoms with Gasteiger partial charge in [0, 0.05) is 17.8 Å². The Morgan fingerprint density at radius 3 is 2.56 bits per heavy atom. The Morgan fingerprint density at radius 1 is 1.18 bits per heavy atom. The van der Waals surface area contributed by atoms with E-state index in [0.717, 1.165) is 23.1 Å². The first-order chi connectivity index (χ1) is 21.4. The van der Waals surface area contributed by atoms with Gasteiger partial charge in [-0.2, -0.15) is 0 Å². The number of thiazole rings is 1. The number of aryl methyl sites for hydroxylation is 1. The third-order valence-electron chi connectivity index (χ3n) is 6.62. The molecule has 2 aromatic heterocycles. The molecule has 3 heterocycles. The summed E-state index contributed by atoms with van der Waals surface area (Å²) in [4.78, 5) is 62.6. The maximum Gasteiger partial charge on any atom is 0.338 e. The Balaban J connectivity index is 1.61. The van der Waals surface area contributed by atoms with Crippen LogP contribution in [-0.4, -0.2) is 38.1 Å². The van der Waals surface area contributed by atoms with Crippen molar-refractivity contribution in [2.24, 2.45) is 4.99 Å². The van der Waals surface area contributed by atoms with Crippen molar-refractivity contribution >= 4 is 40.8 Å². The molecule has 5 rings (SSSR count). The predicted octanol–water partition coefficient (Wildman–Crippen LogP) is 4.04. The fourth-order valence-electron chi connectivity index (χ4n) is 4.80. The van der Waals surface area contributed by atoms with E-state index in [2.05, 4.69) is 15.0 Å². The van der Waals surface area contributed by atoms with Gasteiger partial charge in [-0.1, -0.05) is 29.5 Å². The standard InChI is InChI=1S/C31H29N5O7S2/c1-6-42-21-10-8-20(9-11-21)27-26(29(39)43-16(2)3)18(5)33-31-35(27)28(38)24(45-31)15-19-7-12-23(22(14-19)36(40)41)44-30-32-17(4)13-25(37)34-30/h7-16,27H,6H2,1-5H3,(H,32,34,37)/b24-15-/t27-/m1/s1. The minimum Gasteiger partial charge on any atom is -0.494 e. The molecule has 0 saturated heterocycles. The van der Waals surface area contributed by atoms with Gasteiger partial charge in [0.05, 0.1) is 44.4 Å². The molecule has 1 atom stereocenters. The van der Waals surface area contributed by atoms with Gasteiger partial charge in [0.1, 0.15) is 5.75 Å². The monoisotopic (exact) mass is 647 g/mol. The van der Waals surface area contributed by atoms with E-state index in [9.17, 15) is 24.5 Å². The molecule has 0 unspecified atom stereocenters. The van der Waals surface area contributed by atoms with Crippen LogP contribution in [0.1, 0.15) is 50.6 Å². The number of nitro groups is 1. The Labute approximate surface area is 264 Å². The Kier molecular flexibility index (Phi) is 9.16. The second-order valence-electron chi connectivity index (χ2n) is 10.3. The van der Waals surface area contributed by atoms with Crippen molar-refractivity contribution in [1.29, 1.82) is 0 Å². The number of ether oxygens (including phenoxy) is 2. The van der Waals surface area contributed by atoms with E-state index < -0.39 is 22.5 Å². The van der Waals surface area contributed by atoms with Gasteiger partial charge in [0.2, 0.25) is 0 Å². The molecule has 1 aliphatic rings. The smallest absolute Gasteiger partial charge is 0.338 e. The maximum atomic E-state index is 14.0. The van der Waals surface area contributed by atoms with Crippen LogP contribution in [0.4, 0.5) is 5.69 Å². The Hall–Kier alpha value is -4.82. The second kappa shape index (κ2) is 13.0. The average molecular weight is 648 g/mol. The molecule has 0 bridgehead atoms. The molecular formula is C31H29N5O7S2. The number of hydrogen-bond donors (Lipinski definition) is 1. The van der Waals surface area contributed by atoms with Crippen molar-refractivity contribution < 1.29 is 19.2 Å². The molecule has 12 nitrogen and oxygen atoms in total. The molecule has 2 aromatic carbocycles. The van der Waals surface area contributed by atoms with Gasteiger partial charge in [0.15, 0.2) is 9.96 Å². The van der Waals surface area contributed by atoms with Gasteiger partial charge in [-0.15, -0.1) is 0 Å². The molecule has 0 saturated carbocycles. The minimum atomic E-state index is -0.817. The van der Waals surface area contributed by atoms with Crippen LogP contribution in [0.25, 0.3) is 6.08 Å². The van der Waals surface area contributed by atoms with Crippen molar-refractivity contribution in [2.75, 3.05) is 6.61 Å². The number of esters is 1. The Bertz CT molecular complexity index is 2080. The summed E-state index contributed by atoms with van der Waals surface area (Å²) in [5.41, 5.74) is 1.23. The van der Waals surface area contributed by atoms with E-state index in [-0.39, 0.29) is 37.5 Å². The number of nitrogens with one attached hydrogen (secondary N) is 1. The van der Waals surface area contributed by atoms with E-state index in [0.29, 0.717) is 39.7 Å². The van der Waals surface area contributed by atoms with Gasteiger partial charge < -0.3 is 14.5 Å². The highest BCUT2D eigenvalue weighted by atomic mass is 32.2. The molecule has 0 aliphatic carbocycles. The van der Waals surface area contributed by atoms with Gasteiger partial charge in [0.25, 0.3) is 16.8 Å². The fraction of sp³-hybridized carbons (Fsp3) is 0.258. The van der Waals surface area contributed by atoms with Gasteiger partial charge in [-0.05, 0) is 81.8 Å². The summed E-state index contributed by atoms with van der Waals surface area (Å²) < 4.78 is 12.8. The molecule has 45 heavy (non-hydrogen) atoms. The summed E-state index contributed by atoms with van der Waals surface area (Å²) in [7, 11) is 0. The number of benzene rings is 2. The minimum absolute atomic E-state index is 0.215. The summed E-state index contributed by atoms with van der Waals surface area (Å²) >= 11 is 2.08. The lowest BCUT2D eigenvalue weighted by Gasteiger charge is -2.25. The van der Waals surface area contributed by atoms with Crippen molar-refractivity contribution in [2.45, 2.75) is 56.8 Å². The first-order valence-electron chi connectivity index (χ1n) is 14.0. The lowest BCUT2D eigenvalue weighted by atomic mass is 9.96. The number of rotatable bonds is 9. The van der Waals surface area contributed by atoms with E-state index in [1.807, 2.05) is 6.92 Å². The molecule has 0 radical (unpaired) electrons. The van der Waals surface area contributed by atoms with Crippen molar-refractivity contribution in [3.8, 4) is 5.75 Å². The van der Waals surface area contributed by atoms with Gasteiger partial charge >= 0.3 is 5.97 Å². The molecule has 1 aliphatic heterocycles. The highest BCUT2D eigenvalue weighted by Crippen LogP contribution is 2.34. The van der Waals surface area contributed by atoms with Crippen molar-refractivity contribution in [3.05, 3.63) is 117 Å². The zero-order valence-corrected chi connectivity index (χ0v) is 26.7. The van der Waals surface area contributed by atoms with Crippen LogP contribution in [-0.2, 0) is 9.53 Å². The number of nitrogens with zero attached hydrogens (tertiary/aromatic N) is 4. The largest absolute Gasteiger partial charge is 0.494 e. The number of aromatic amines is 1. The number of nitro benzene ring substituents is 1. The quantitative estimate of drug-likeness (QED) is 0.122. The first kappa shape index (κ1) is 31.6. The number of allylic oxidation sites excluding steroid dienone is 1. The zero-order valence-electron chi connectivity index (χ0n) is 25.0. The van der Waals surface area contributed by atoms with Crippen LogP contribution in [0.5, 0.6) is 5.75 Å². The predicted molar refractivity (Wildman–Crippen MR) is 169 cm³/mol. The molecule has 0 amide bonds. The highest BCUT2D eigenvalue weighted by Gasteiger charge is 2.34. The SMILES string of the molecule is CCOc1ccc([C@@H]2C(C(=O)OC(C)C)=C(C)N=c3s/c(=C\c4ccc(Sc5nc(C)cc(=O)[nH]5)c([N+](=O)[O-])c4)c(=O)n32)cc1. The summed E-state index contributed by atoms with van der Waals surface area (Å²) in [6, 6.07) is 12.2. The number of carbonyl (C=O) groups is 1. The number of aromatic nitrogens is 3. The summed E-state index contributed by atoms with van der Waals surface area (Å²) in [5.74, 6) is 0.0704. The topological polar surface area (TPSA) is 159 Å². The van der Waals surface area contributed by atoms with Crippen LogP contribution in [0, 0.1) is 17.0 Å². The summed E-state index contributed by atoms with van der Waals surface area (Å²) in [6.45, 7) is 9.21. The van der Waals surface area contributed by atoms with Crippen LogP contribution in [0.2, 0.25) is 0 Å². The number of hydrogen-bond acceptors (Lipinski definition) is 11. The van der Waals surface area contributed by atoms with E-state index >= 15 is 0 Å². The lowest BCUT2D eigenvalue weighted by Crippen LogP contribution is -2.40. The summed E-state index contributed by atoms with van der Waals surface area (Å²) in [6.07, 6.45) is 1.17. The van der Waals surface area contributed by atoms with Crippen molar-refractivity contribution in [1.82, 2.24) is 14.5 Å². The van der Waals surface area contributed by atoms with Gasteiger partial charge in [-0.3, -0.25) is 24.3 Å². The highest BCUT2D eigenvalue weighted by molar-refractivity contribution is 7.99. The molecule has 0 fully saturated rings. The van der Waals surface area contributed by atoms with Crippen LogP contribution >= 0.6 is 23.1 Å². The lowest BCUT2D eigenvalue weighted by molar-refractivity contribution is -0.387. The first-order valence-corrected chi connectivity index (χ1v) is 15.6. The fourth-order valence-corrected chi connectivity index (χ4v) is 6.77. The molecule has 14 heteroatoms. The second-order valence-corrected chi connectivity index (χ2v) is 12.4. The number of carbonyl (C=O) groups excluding carboxylic acids is 1. The third kappa shape index (κ3) is 6.81. The van der Waals surface area contributed by atoms with Crippen LogP contribution in [0.3, 0.4) is 0 Å². The van der Waals surface area contributed by atoms with E-state index in [1.54, 1.807) is 70.2 Å².